The molecule has 35 heavy (non-hydrogen) atoms. The highest BCUT2D eigenvalue weighted by molar-refractivity contribution is 6.35. The predicted molar refractivity (Wildman–Crippen MR) is 136 cm³/mol. The van der Waals surface area contributed by atoms with E-state index >= 15 is 0 Å². The topological polar surface area (TPSA) is 90.1 Å². The number of amides is 1. The zero-order valence-electron chi connectivity index (χ0n) is 19.3. The van der Waals surface area contributed by atoms with Gasteiger partial charge in [-0.05, 0) is 68.1 Å². The number of rotatable bonds is 4. The quantitative estimate of drug-likeness (QED) is 0.464. The maximum Gasteiger partial charge on any atom is 0.258 e. The number of carbonyl (C=O) groups is 1. The molecule has 2 atom stereocenters. The van der Waals surface area contributed by atoms with Crippen molar-refractivity contribution in [1.29, 1.82) is 0 Å². The molecule has 0 bridgehead atoms. The van der Waals surface area contributed by atoms with Crippen molar-refractivity contribution in [3.8, 4) is 0 Å². The summed E-state index contributed by atoms with van der Waals surface area (Å²) in [6.45, 7) is 3.19. The normalized spacial score (nSPS) is 20.1. The zero-order valence-corrected chi connectivity index (χ0v) is 20.8. The Morgan fingerprint density at radius 1 is 1.26 bits per heavy atom. The number of hydrogen-bond acceptors (Lipinski definition) is 5. The second-order valence-electron chi connectivity index (χ2n) is 9.13. The molecule has 2 aliphatic heterocycles. The summed E-state index contributed by atoms with van der Waals surface area (Å²) in [5.41, 5.74) is 2.06. The van der Waals surface area contributed by atoms with Crippen molar-refractivity contribution < 1.29 is 9.18 Å². The van der Waals surface area contributed by atoms with Crippen molar-refractivity contribution in [2.45, 2.75) is 44.7 Å². The summed E-state index contributed by atoms with van der Waals surface area (Å²) in [7, 11) is 0. The fraction of sp³-hybridized carbons (Fsp3) is 0.400. The van der Waals surface area contributed by atoms with Gasteiger partial charge in [0.15, 0.2) is 0 Å². The van der Waals surface area contributed by atoms with Crippen LogP contribution >= 0.6 is 23.2 Å². The fourth-order valence-electron chi connectivity index (χ4n) is 5.08. The molecule has 1 aromatic heterocycles. The molecule has 0 radical (unpaired) electrons. The molecule has 5 rings (SSSR count). The number of carbonyl (C=O) groups excluding carboxylic acids is 1. The molecule has 7 nitrogen and oxygen atoms in total. The van der Waals surface area contributed by atoms with Crippen LogP contribution in [0, 0.1) is 5.82 Å². The number of benzene rings is 2. The van der Waals surface area contributed by atoms with E-state index < -0.39 is 5.82 Å². The monoisotopic (exact) mass is 517 g/mol. The van der Waals surface area contributed by atoms with E-state index in [0.29, 0.717) is 34.4 Å². The van der Waals surface area contributed by atoms with E-state index in [1.807, 2.05) is 13.0 Å². The number of nitrogens with one attached hydrogen (secondary N) is 3. The van der Waals surface area contributed by atoms with Crippen molar-refractivity contribution >= 4 is 45.7 Å². The number of nitrogens with zero attached hydrogens (tertiary/aromatic N) is 2. The lowest BCUT2D eigenvalue weighted by molar-refractivity contribution is -0.131. The Bertz CT molecular complexity index is 1360. The van der Waals surface area contributed by atoms with Gasteiger partial charge in [0.2, 0.25) is 5.91 Å². The summed E-state index contributed by atoms with van der Waals surface area (Å²) in [5.74, 6) is -0.246. The van der Waals surface area contributed by atoms with Crippen LogP contribution < -0.4 is 16.2 Å². The second-order valence-corrected chi connectivity index (χ2v) is 9.97. The van der Waals surface area contributed by atoms with Crippen molar-refractivity contribution in [1.82, 2.24) is 20.2 Å². The molecular formula is C25H26Cl2FN5O2. The summed E-state index contributed by atoms with van der Waals surface area (Å²) in [6, 6.07) is 5.96. The third-order valence-electron chi connectivity index (χ3n) is 6.89. The molecule has 184 valence electrons. The molecule has 0 spiro atoms. The van der Waals surface area contributed by atoms with Crippen molar-refractivity contribution in [2.24, 2.45) is 0 Å². The van der Waals surface area contributed by atoms with Crippen LogP contribution in [-0.2, 0) is 11.2 Å². The van der Waals surface area contributed by atoms with Gasteiger partial charge in [-0.1, -0.05) is 29.6 Å². The highest BCUT2D eigenvalue weighted by Crippen LogP contribution is 2.37. The van der Waals surface area contributed by atoms with Crippen LogP contribution in [0.25, 0.3) is 10.9 Å². The second kappa shape index (κ2) is 9.76. The number of H-pyrrole nitrogens is 1. The molecule has 3 N–H and O–H groups in total. The predicted octanol–water partition coefficient (Wildman–Crippen LogP) is 4.74. The van der Waals surface area contributed by atoms with Crippen molar-refractivity contribution in [2.75, 3.05) is 25.0 Å². The number of halogens is 3. The third-order valence-corrected chi connectivity index (χ3v) is 7.42. The van der Waals surface area contributed by atoms with Crippen LogP contribution in [0.5, 0.6) is 0 Å². The van der Waals surface area contributed by atoms with Crippen LogP contribution in [-0.4, -0.2) is 40.4 Å². The first-order chi connectivity index (χ1) is 16.8. The Kier molecular flexibility index (Phi) is 6.70. The minimum absolute atomic E-state index is 0.0333. The van der Waals surface area contributed by atoms with E-state index in [1.165, 1.54) is 6.07 Å². The largest absolute Gasteiger partial charge is 0.374 e. The van der Waals surface area contributed by atoms with Crippen LogP contribution in [0.3, 0.4) is 0 Å². The molecule has 1 amide bonds. The van der Waals surface area contributed by atoms with E-state index in [1.54, 1.807) is 11.0 Å². The first kappa shape index (κ1) is 24.0. The Morgan fingerprint density at radius 3 is 2.86 bits per heavy atom. The molecule has 10 heteroatoms. The Balaban J connectivity index is 1.35. The molecular weight excluding hydrogens is 492 g/mol. The number of aromatic nitrogens is 2. The molecule has 0 saturated carbocycles. The fourth-order valence-corrected chi connectivity index (χ4v) is 5.77. The molecule has 2 aliphatic rings. The molecule has 2 aromatic carbocycles. The molecule has 3 heterocycles. The van der Waals surface area contributed by atoms with E-state index in [9.17, 15) is 14.0 Å². The standard InChI is InChI=1S/C25H26Cl2FN5O2/c1-13-23-14(8-15(26)9-17(23)27)5-7-33(13)22(34)12-30-21-11-20-16(10-18(21)28)25(35)32-24(31-20)19-4-2-3-6-29-19/h8-11,13,19,29-30H,2-7,12H2,1H3,(H,31,32,35)/t13?,19-/m1/s1. The van der Waals surface area contributed by atoms with Crippen LogP contribution in [0.15, 0.2) is 29.1 Å². The van der Waals surface area contributed by atoms with Gasteiger partial charge in [0.1, 0.15) is 11.6 Å². The van der Waals surface area contributed by atoms with Crippen molar-refractivity contribution in [3.05, 3.63) is 67.4 Å². The number of aromatic amines is 1. The lowest BCUT2D eigenvalue weighted by Crippen LogP contribution is -2.42. The van der Waals surface area contributed by atoms with Gasteiger partial charge in [-0.2, -0.15) is 0 Å². The smallest absolute Gasteiger partial charge is 0.258 e. The van der Waals surface area contributed by atoms with Gasteiger partial charge in [-0.3, -0.25) is 9.59 Å². The van der Waals surface area contributed by atoms with Crippen molar-refractivity contribution in [3.63, 3.8) is 0 Å². The molecule has 0 aliphatic carbocycles. The SMILES string of the molecule is CC1c2c(Cl)cc(Cl)cc2CCN1C(=O)CNc1cc2nc([C@H]3CCCCN3)[nH]c(=O)c2cc1F. The van der Waals surface area contributed by atoms with Gasteiger partial charge in [0.25, 0.3) is 5.56 Å². The average molecular weight is 518 g/mol. The van der Waals surface area contributed by atoms with Gasteiger partial charge in [-0.15, -0.1) is 0 Å². The van der Waals surface area contributed by atoms with E-state index in [4.69, 9.17) is 23.2 Å². The van der Waals surface area contributed by atoms with Gasteiger partial charge in [-0.25, -0.2) is 9.37 Å². The van der Waals surface area contributed by atoms with E-state index in [2.05, 4.69) is 20.6 Å². The minimum Gasteiger partial charge on any atom is -0.374 e. The summed E-state index contributed by atoms with van der Waals surface area (Å²) >= 11 is 12.5. The number of fused-ring (bicyclic) bond motifs is 2. The first-order valence-corrected chi connectivity index (χ1v) is 12.6. The highest BCUT2D eigenvalue weighted by atomic mass is 35.5. The van der Waals surface area contributed by atoms with E-state index in [-0.39, 0.29) is 41.2 Å². The molecule has 1 fully saturated rings. The van der Waals surface area contributed by atoms with Crippen LogP contribution in [0.2, 0.25) is 10.0 Å². The summed E-state index contributed by atoms with van der Waals surface area (Å²) < 4.78 is 14.8. The Labute approximate surface area is 212 Å². The molecule has 1 unspecified atom stereocenters. The van der Waals surface area contributed by atoms with Gasteiger partial charge in [0, 0.05) is 16.6 Å². The molecule has 1 saturated heterocycles. The van der Waals surface area contributed by atoms with Crippen LogP contribution in [0.1, 0.15) is 55.2 Å². The third kappa shape index (κ3) is 4.75. The zero-order chi connectivity index (χ0) is 24.7. The van der Waals surface area contributed by atoms with E-state index in [0.717, 1.165) is 43.0 Å². The number of piperidine rings is 1. The average Bonchev–Trinajstić information content (AvgIpc) is 2.83. The molecule has 3 aromatic rings. The van der Waals surface area contributed by atoms with Crippen LogP contribution in [0.4, 0.5) is 10.1 Å². The Hall–Kier alpha value is -2.68. The van der Waals surface area contributed by atoms with Gasteiger partial charge >= 0.3 is 0 Å². The maximum absolute atomic E-state index is 14.8. The first-order valence-electron chi connectivity index (χ1n) is 11.8. The highest BCUT2D eigenvalue weighted by Gasteiger charge is 2.29. The lowest BCUT2D eigenvalue weighted by atomic mass is 9.93. The minimum atomic E-state index is -0.615. The number of anilines is 1. The number of hydrogen-bond donors (Lipinski definition) is 3. The van der Waals surface area contributed by atoms with Gasteiger partial charge < -0.3 is 20.5 Å². The maximum atomic E-state index is 14.8. The Morgan fingerprint density at radius 2 is 2.09 bits per heavy atom. The summed E-state index contributed by atoms with van der Waals surface area (Å²) in [5, 5.41) is 7.54. The van der Waals surface area contributed by atoms with Gasteiger partial charge in [0.05, 0.1) is 35.2 Å². The summed E-state index contributed by atoms with van der Waals surface area (Å²) in [4.78, 5) is 34.7. The summed E-state index contributed by atoms with van der Waals surface area (Å²) in [6.07, 6.45) is 3.65. The lowest BCUT2D eigenvalue weighted by Gasteiger charge is -2.36.